The minimum absolute atomic E-state index is 0.107. The molecule has 4 nitrogen and oxygen atoms in total. The molecule has 1 atom stereocenters. The molecule has 0 aromatic heterocycles. The number of hydrogen-bond donors (Lipinski definition) is 1. The van der Waals surface area contributed by atoms with Gasteiger partial charge in [-0.1, -0.05) is 37.0 Å². The van der Waals surface area contributed by atoms with Crippen LogP contribution in [0.15, 0.2) is 42.5 Å². The number of amides is 3. The van der Waals surface area contributed by atoms with Crippen LogP contribution in [0.5, 0.6) is 0 Å². The number of benzene rings is 2. The Kier molecular flexibility index (Phi) is 4.71. The number of carbonyl (C=O) groups excluding carboxylic acids is 2. The quantitative estimate of drug-likeness (QED) is 0.778. The standard InChI is InChI=1S/C21H18F2N2O2/c1-13-19(26)25(20(27)24-21(13,2)3)18-16(22)11-15(12-17(18)23)10-9-14-7-5-4-6-8-14/h4-8,11-13H,1-3H3,(H,24,27)/t13-/m1/s1. The molecule has 1 fully saturated rings. The molecule has 3 rings (SSSR count). The Bertz CT molecular complexity index is 952. The highest BCUT2D eigenvalue weighted by Crippen LogP contribution is 2.32. The van der Waals surface area contributed by atoms with E-state index in [1.54, 1.807) is 45.0 Å². The molecule has 1 aliphatic heterocycles. The molecule has 6 heteroatoms. The van der Waals surface area contributed by atoms with Crippen LogP contribution in [0.25, 0.3) is 0 Å². The SMILES string of the molecule is C[C@@H]1C(=O)N(c2c(F)cc(C#Cc3ccccc3)cc2F)C(=O)NC1(C)C. The van der Waals surface area contributed by atoms with Crippen LogP contribution in [-0.2, 0) is 4.79 Å². The fourth-order valence-electron chi connectivity index (χ4n) is 2.77. The van der Waals surface area contributed by atoms with Gasteiger partial charge < -0.3 is 5.32 Å². The van der Waals surface area contributed by atoms with E-state index in [0.29, 0.717) is 10.5 Å². The zero-order chi connectivity index (χ0) is 19.8. The van der Waals surface area contributed by atoms with Crippen molar-refractivity contribution in [2.45, 2.75) is 26.3 Å². The summed E-state index contributed by atoms with van der Waals surface area (Å²) in [7, 11) is 0. The first-order valence-electron chi connectivity index (χ1n) is 8.43. The highest BCUT2D eigenvalue weighted by Gasteiger charge is 2.45. The Morgan fingerprint density at radius 1 is 1.00 bits per heavy atom. The van der Waals surface area contributed by atoms with E-state index in [0.717, 1.165) is 12.1 Å². The predicted molar refractivity (Wildman–Crippen MR) is 98.0 cm³/mol. The molecule has 27 heavy (non-hydrogen) atoms. The summed E-state index contributed by atoms with van der Waals surface area (Å²) < 4.78 is 29.2. The average Bonchev–Trinajstić information content (AvgIpc) is 2.61. The van der Waals surface area contributed by atoms with E-state index in [2.05, 4.69) is 17.2 Å². The largest absolute Gasteiger partial charge is 0.332 e. The molecule has 0 bridgehead atoms. The summed E-state index contributed by atoms with van der Waals surface area (Å²) in [6, 6.07) is 10.2. The number of hydrogen-bond acceptors (Lipinski definition) is 2. The Morgan fingerprint density at radius 3 is 2.15 bits per heavy atom. The van der Waals surface area contributed by atoms with E-state index in [-0.39, 0.29) is 5.56 Å². The van der Waals surface area contributed by atoms with Crippen molar-refractivity contribution in [2.24, 2.45) is 5.92 Å². The van der Waals surface area contributed by atoms with Crippen molar-refractivity contribution in [1.29, 1.82) is 0 Å². The molecule has 0 unspecified atom stereocenters. The Morgan fingerprint density at radius 2 is 1.56 bits per heavy atom. The summed E-state index contributed by atoms with van der Waals surface area (Å²) in [6.07, 6.45) is 0. The number of nitrogens with zero attached hydrogens (tertiary/aromatic N) is 1. The van der Waals surface area contributed by atoms with Crippen molar-refractivity contribution in [3.63, 3.8) is 0 Å². The molecule has 1 N–H and O–H groups in total. The molecule has 3 amide bonds. The van der Waals surface area contributed by atoms with Crippen molar-refractivity contribution < 1.29 is 18.4 Å². The summed E-state index contributed by atoms with van der Waals surface area (Å²) in [6.45, 7) is 4.96. The number of anilines is 1. The first-order valence-corrected chi connectivity index (χ1v) is 8.43. The lowest BCUT2D eigenvalue weighted by Crippen LogP contribution is -2.64. The van der Waals surface area contributed by atoms with E-state index in [1.807, 2.05) is 6.07 Å². The maximum absolute atomic E-state index is 14.6. The van der Waals surface area contributed by atoms with Gasteiger partial charge in [-0.3, -0.25) is 4.79 Å². The Hall–Kier alpha value is -3.20. The summed E-state index contributed by atoms with van der Waals surface area (Å²) in [5, 5.41) is 2.60. The van der Waals surface area contributed by atoms with Gasteiger partial charge in [-0.25, -0.2) is 18.5 Å². The average molecular weight is 368 g/mol. The number of halogens is 2. The van der Waals surface area contributed by atoms with Crippen molar-refractivity contribution in [3.05, 3.63) is 65.2 Å². The third-order valence-electron chi connectivity index (χ3n) is 4.67. The van der Waals surface area contributed by atoms with E-state index in [1.165, 1.54) is 0 Å². The van der Waals surface area contributed by atoms with Crippen molar-refractivity contribution in [2.75, 3.05) is 4.90 Å². The molecule has 138 valence electrons. The summed E-state index contributed by atoms with van der Waals surface area (Å²) >= 11 is 0. The van der Waals surface area contributed by atoms with Crippen LogP contribution in [0.4, 0.5) is 19.3 Å². The fourth-order valence-corrected chi connectivity index (χ4v) is 2.77. The number of rotatable bonds is 1. The molecule has 0 radical (unpaired) electrons. The third-order valence-corrected chi connectivity index (χ3v) is 4.67. The van der Waals surface area contributed by atoms with Crippen LogP contribution in [0.1, 0.15) is 31.9 Å². The molecule has 2 aromatic rings. The smallest absolute Gasteiger partial charge is 0.329 e. The second-order valence-electron chi connectivity index (χ2n) is 6.95. The molecular formula is C21H18F2N2O2. The van der Waals surface area contributed by atoms with Crippen LogP contribution in [0.2, 0.25) is 0 Å². The second-order valence-corrected chi connectivity index (χ2v) is 6.95. The summed E-state index contributed by atoms with van der Waals surface area (Å²) in [5.74, 6) is 2.13. The minimum Gasteiger partial charge on any atom is -0.332 e. The Balaban J connectivity index is 1.98. The maximum atomic E-state index is 14.6. The maximum Gasteiger partial charge on any atom is 0.329 e. The molecule has 0 aliphatic carbocycles. The molecule has 1 saturated heterocycles. The topological polar surface area (TPSA) is 49.4 Å². The van der Waals surface area contributed by atoms with E-state index in [4.69, 9.17) is 0 Å². The molecule has 1 aliphatic rings. The normalized spacial score (nSPS) is 18.6. The fraction of sp³-hybridized carbons (Fsp3) is 0.238. The van der Waals surface area contributed by atoms with Gasteiger partial charge in [-0.05, 0) is 38.1 Å². The minimum atomic E-state index is -1.03. The first kappa shape index (κ1) is 18.6. The molecule has 1 heterocycles. The van der Waals surface area contributed by atoms with E-state index < -0.39 is 40.7 Å². The number of carbonyl (C=O) groups is 2. The lowest BCUT2D eigenvalue weighted by Gasteiger charge is -2.41. The van der Waals surface area contributed by atoms with Crippen LogP contribution < -0.4 is 10.2 Å². The van der Waals surface area contributed by atoms with Gasteiger partial charge in [0.25, 0.3) is 0 Å². The number of nitrogens with one attached hydrogen (secondary N) is 1. The number of imide groups is 1. The lowest BCUT2D eigenvalue weighted by atomic mass is 9.86. The predicted octanol–water partition coefficient (Wildman–Crippen LogP) is 3.84. The zero-order valence-corrected chi connectivity index (χ0v) is 15.1. The van der Waals surface area contributed by atoms with Gasteiger partial charge in [-0.15, -0.1) is 0 Å². The van der Waals surface area contributed by atoms with Crippen LogP contribution >= 0.6 is 0 Å². The monoisotopic (exact) mass is 368 g/mol. The molecule has 0 saturated carbocycles. The Labute approximate surface area is 156 Å². The molecule has 2 aromatic carbocycles. The molecule has 0 spiro atoms. The third kappa shape index (κ3) is 3.54. The van der Waals surface area contributed by atoms with Gasteiger partial charge in [0.15, 0.2) is 11.6 Å². The van der Waals surface area contributed by atoms with Gasteiger partial charge >= 0.3 is 6.03 Å². The van der Waals surface area contributed by atoms with Crippen molar-refractivity contribution >= 4 is 17.6 Å². The van der Waals surface area contributed by atoms with Crippen LogP contribution in [0, 0.1) is 29.4 Å². The van der Waals surface area contributed by atoms with E-state index in [9.17, 15) is 18.4 Å². The lowest BCUT2D eigenvalue weighted by molar-refractivity contribution is -0.124. The second kappa shape index (κ2) is 6.84. The van der Waals surface area contributed by atoms with Gasteiger partial charge in [0.2, 0.25) is 5.91 Å². The van der Waals surface area contributed by atoms with Gasteiger partial charge in [0.05, 0.1) is 5.92 Å². The van der Waals surface area contributed by atoms with Crippen molar-refractivity contribution in [1.82, 2.24) is 5.32 Å². The highest BCUT2D eigenvalue weighted by molar-refractivity contribution is 6.17. The number of urea groups is 1. The summed E-state index contributed by atoms with van der Waals surface area (Å²) in [4.78, 5) is 25.4. The molecular weight excluding hydrogens is 350 g/mol. The van der Waals surface area contributed by atoms with Gasteiger partial charge in [0.1, 0.15) is 5.69 Å². The summed E-state index contributed by atoms with van der Waals surface area (Å²) in [5.41, 5.74) is -0.691. The van der Waals surface area contributed by atoms with Crippen LogP contribution in [0.3, 0.4) is 0 Å². The van der Waals surface area contributed by atoms with Crippen molar-refractivity contribution in [3.8, 4) is 11.8 Å². The highest BCUT2D eigenvalue weighted by atomic mass is 19.1. The zero-order valence-electron chi connectivity index (χ0n) is 15.1. The van der Waals surface area contributed by atoms with Gasteiger partial charge in [-0.2, -0.15) is 0 Å². The van der Waals surface area contributed by atoms with Gasteiger partial charge in [0, 0.05) is 16.7 Å². The van der Waals surface area contributed by atoms with Crippen LogP contribution in [-0.4, -0.2) is 17.5 Å². The van der Waals surface area contributed by atoms with E-state index >= 15 is 0 Å². The first-order chi connectivity index (χ1) is 12.7.